The molecule has 1 fully saturated rings. The van der Waals surface area contributed by atoms with Crippen molar-refractivity contribution in [1.82, 2.24) is 19.9 Å². The molecule has 0 radical (unpaired) electrons. The van der Waals surface area contributed by atoms with Crippen LogP contribution in [0.15, 0.2) is 48.9 Å². The molecule has 1 saturated heterocycles. The van der Waals surface area contributed by atoms with Crippen LogP contribution in [0.25, 0.3) is 11.1 Å². The zero-order valence-corrected chi connectivity index (χ0v) is 19.8. The molecule has 6 heteroatoms. The van der Waals surface area contributed by atoms with E-state index in [9.17, 15) is 4.79 Å². The lowest BCUT2D eigenvalue weighted by atomic mass is 9.92. The van der Waals surface area contributed by atoms with Gasteiger partial charge >= 0.3 is 0 Å². The van der Waals surface area contributed by atoms with Gasteiger partial charge in [0.1, 0.15) is 11.6 Å². The molecule has 1 atom stereocenters. The van der Waals surface area contributed by atoms with Gasteiger partial charge in [0, 0.05) is 37.1 Å². The Kier molecular flexibility index (Phi) is 7.33. The highest BCUT2D eigenvalue weighted by Crippen LogP contribution is 2.36. The number of aromatic nitrogens is 3. The van der Waals surface area contributed by atoms with E-state index in [1.165, 1.54) is 0 Å². The van der Waals surface area contributed by atoms with Gasteiger partial charge in [-0.3, -0.25) is 9.78 Å². The van der Waals surface area contributed by atoms with Crippen molar-refractivity contribution < 1.29 is 9.53 Å². The number of pyridine rings is 1. The lowest BCUT2D eigenvalue weighted by Crippen LogP contribution is -2.39. The Balaban J connectivity index is 1.56. The molecule has 4 rings (SSSR count). The number of benzene rings is 1. The summed E-state index contributed by atoms with van der Waals surface area (Å²) in [5, 5.41) is 0. The fraction of sp³-hybridized carbons (Fsp3) is 0.407. The zero-order chi connectivity index (χ0) is 23.2. The third kappa shape index (κ3) is 5.38. The number of aryl methyl sites for hydroxylation is 3. The van der Waals surface area contributed by atoms with Crippen LogP contribution in [0.1, 0.15) is 61.3 Å². The van der Waals surface area contributed by atoms with E-state index in [0.29, 0.717) is 19.4 Å². The van der Waals surface area contributed by atoms with Crippen molar-refractivity contribution in [3.63, 3.8) is 0 Å². The van der Waals surface area contributed by atoms with Crippen molar-refractivity contribution in [3.05, 3.63) is 71.6 Å². The van der Waals surface area contributed by atoms with Crippen LogP contribution in [0.4, 0.5) is 0 Å². The summed E-state index contributed by atoms with van der Waals surface area (Å²) in [5.74, 6) is 1.77. The summed E-state index contributed by atoms with van der Waals surface area (Å²) >= 11 is 0. The first kappa shape index (κ1) is 22.9. The predicted molar refractivity (Wildman–Crippen MR) is 129 cm³/mol. The second-order valence-electron chi connectivity index (χ2n) is 8.58. The molecule has 33 heavy (non-hydrogen) atoms. The van der Waals surface area contributed by atoms with Crippen LogP contribution in [0.5, 0.6) is 5.75 Å². The molecule has 0 spiro atoms. The van der Waals surface area contributed by atoms with E-state index in [-0.39, 0.29) is 11.9 Å². The molecule has 6 nitrogen and oxygen atoms in total. The van der Waals surface area contributed by atoms with E-state index in [0.717, 1.165) is 65.3 Å². The minimum Gasteiger partial charge on any atom is -0.494 e. The highest BCUT2D eigenvalue weighted by atomic mass is 16.5. The summed E-state index contributed by atoms with van der Waals surface area (Å²) in [4.78, 5) is 29.0. The van der Waals surface area contributed by atoms with Crippen molar-refractivity contribution in [2.75, 3.05) is 13.2 Å². The number of amides is 1. The minimum absolute atomic E-state index is 0.0316. The minimum atomic E-state index is -0.0316. The molecule has 1 aromatic carbocycles. The number of hydrogen-bond donors (Lipinski definition) is 0. The summed E-state index contributed by atoms with van der Waals surface area (Å²) < 4.78 is 5.52. The van der Waals surface area contributed by atoms with Gasteiger partial charge in [-0.25, -0.2) is 9.97 Å². The maximum atomic E-state index is 13.4. The van der Waals surface area contributed by atoms with E-state index >= 15 is 0 Å². The van der Waals surface area contributed by atoms with E-state index < -0.39 is 0 Å². The number of rotatable bonds is 7. The maximum Gasteiger partial charge on any atom is 0.223 e. The normalized spacial score (nSPS) is 16.0. The number of piperidine rings is 1. The van der Waals surface area contributed by atoms with E-state index in [1.807, 2.05) is 68.4 Å². The molecule has 0 N–H and O–H groups in total. The average Bonchev–Trinajstić information content (AvgIpc) is 2.84. The largest absolute Gasteiger partial charge is 0.494 e. The fourth-order valence-corrected chi connectivity index (χ4v) is 4.55. The van der Waals surface area contributed by atoms with Gasteiger partial charge in [0.15, 0.2) is 0 Å². The van der Waals surface area contributed by atoms with Gasteiger partial charge in [0.25, 0.3) is 0 Å². The third-order valence-corrected chi connectivity index (χ3v) is 6.25. The molecular formula is C27H32N4O2. The number of likely N-dealkylation sites (tertiary alicyclic amines) is 1. The number of ether oxygens (including phenoxy) is 1. The summed E-state index contributed by atoms with van der Waals surface area (Å²) in [6, 6.07) is 10.0. The summed E-state index contributed by atoms with van der Waals surface area (Å²) in [6.07, 6.45) is 9.79. The Morgan fingerprint density at radius 2 is 1.91 bits per heavy atom. The smallest absolute Gasteiger partial charge is 0.223 e. The molecule has 0 bridgehead atoms. The second-order valence-corrected chi connectivity index (χ2v) is 8.58. The first-order valence-electron chi connectivity index (χ1n) is 11.8. The first-order valence-corrected chi connectivity index (χ1v) is 11.8. The van der Waals surface area contributed by atoms with Crippen molar-refractivity contribution in [3.8, 4) is 16.9 Å². The highest BCUT2D eigenvalue weighted by molar-refractivity contribution is 5.78. The molecule has 1 aliphatic rings. The standard InChI is InChI=1S/C27H32N4O2/c1-4-33-22-11-8-21(9-12-22)10-13-26(32)31-16-6-5-7-25(31)27-24(18-29-20(3)30-27)23-14-15-28-17-19(23)2/h8-9,11-12,14-15,17-18,25H,4-7,10,13,16H2,1-3H3/t25-/m0/s1. The lowest BCUT2D eigenvalue weighted by Gasteiger charge is -2.36. The lowest BCUT2D eigenvalue weighted by molar-refractivity contribution is -0.135. The first-order chi connectivity index (χ1) is 16.1. The predicted octanol–water partition coefficient (Wildman–Crippen LogP) is 5.24. The Morgan fingerprint density at radius 3 is 2.67 bits per heavy atom. The number of carbonyl (C=O) groups excluding carboxylic acids is 1. The Labute approximate surface area is 196 Å². The van der Waals surface area contributed by atoms with Gasteiger partial charge in [-0.05, 0) is 81.3 Å². The fourth-order valence-electron chi connectivity index (χ4n) is 4.55. The zero-order valence-electron chi connectivity index (χ0n) is 19.8. The van der Waals surface area contributed by atoms with Crippen molar-refractivity contribution in [2.45, 2.75) is 58.9 Å². The molecule has 3 heterocycles. The maximum absolute atomic E-state index is 13.4. The second kappa shape index (κ2) is 10.6. The van der Waals surface area contributed by atoms with Gasteiger partial charge in [0.05, 0.1) is 18.3 Å². The molecular weight excluding hydrogens is 412 g/mol. The van der Waals surface area contributed by atoms with E-state index in [4.69, 9.17) is 9.72 Å². The molecule has 0 aliphatic carbocycles. The Bertz CT molecular complexity index is 1100. The quantitative estimate of drug-likeness (QED) is 0.498. The van der Waals surface area contributed by atoms with Gasteiger partial charge in [-0.2, -0.15) is 0 Å². The summed E-state index contributed by atoms with van der Waals surface area (Å²) in [6.45, 7) is 7.35. The Morgan fingerprint density at radius 1 is 1.09 bits per heavy atom. The highest BCUT2D eigenvalue weighted by Gasteiger charge is 2.31. The van der Waals surface area contributed by atoms with Gasteiger partial charge in [-0.1, -0.05) is 12.1 Å². The number of carbonyl (C=O) groups is 1. The molecule has 2 aromatic heterocycles. The van der Waals surface area contributed by atoms with Crippen molar-refractivity contribution >= 4 is 5.91 Å². The summed E-state index contributed by atoms with van der Waals surface area (Å²) in [5.41, 5.74) is 5.25. The monoisotopic (exact) mass is 444 g/mol. The van der Waals surface area contributed by atoms with Crippen molar-refractivity contribution in [1.29, 1.82) is 0 Å². The molecule has 1 amide bonds. The van der Waals surface area contributed by atoms with Crippen LogP contribution >= 0.6 is 0 Å². The van der Waals surface area contributed by atoms with Crippen molar-refractivity contribution in [2.24, 2.45) is 0 Å². The van der Waals surface area contributed by atoms with Crippen LogP contribution in [-0.2, 0) is 11.2 Å². The van der Waals surface area contributed by atoms with Crippen LogP contribution < -0.4 is 4.74 Å². The van der Waals surface area contributed by atoms with Gasteiger partial charge in [-0.15, -0.1) is 0 Å². The SMILES string of the molecule is CCOc1ccc(CCC(=O)N2CCCC[C@H]2c2nc(C)ncc2-c2ccncc2C)cc1. The number of hydrogen-bond acceptors (Lipinski definition) is 5. The molecule has 3 aromatic rings. The van der Waals surface area contributed by atoms with Crippen LogP contribution in [0, 0.1) is 13.8 Å². The molecule has 172 valence electrons. The van der Waals surface area contributed by atoms with E-state index in [2.05, 4.69) is 9.97 Å². The molecule has 1 aliphatic heterocycles. The summed E-state index contributed by atoms with van der Waals surface area (Å²) in [7, 11) is 0. The van der Waals surface area contributed by atoms with E-state index in [1.54, 1.807) is 6.20 Å². The van der Waals surface area contributed by atoms with Crippen LogP contribution in [0.3, 0.4) is 0 Å². The molecule has 0 saturated carbocycles. The molecule has 0 unspecified atom stereocenters. The third-order valence-electron chi connectivity index (χ3n) is 6.25. The van der Waals surface area contributed by atoms with Crippen LogP contribution in [0.2, 0.25) is 0 Å². The average molecular weight is 445 g/mol. The van der Waals surface area contributed by atoms with Crippen LogP contribution in [-0.4, -0.2) is 38.9 Å². The van der Waals surface area contributed by atoms with Gasteiger partial charge in [0.2, 0.25) is 5.91 Å². The Hall–Kier alpha value is -3.28. The number of nitrogens with zero attached hydrogens (tertiary/aromatic N) is 4. The topological polar surface area (TPSA) is 68.2 Å². The van der Waals surface area contributed by atoms with Gasteiger partial charge < -0.3 is 9.64 Å².